The minimum atomic E-state index is -4.80. The summed E-state index contributed by atoms with van der Waals surface area (Å²) < 4.78 is 53.1. The monoisotopic (exact) mass is 1030 g/mol. The molecule has 0 aliphatic heterocycles. The Balaban J connectivity index is 3.88. The van der Waals surface area contributed by atoms with Crippen LogP contribution in [0, 0.1) is 0 Å². The number of hydrogen-bond acceptors (Lipinski definition) is 13. The SMILES string of the molecule is CC\C=C/C=C/C=C/C=C\C=C\C=C\CCCCCC(=O)OCC(O)COP(=O)(O)OCC(O)COP(=O)(O)OCC(O)COC(=O)CCCCCCCCCCCCCCCCCCCCCCC. The number of phosphoric ester groups is 2. The minimum absolute atomic E-state index is 0.142. The Morgan fingerprint density at radius 1 is 0.386 bits per heavy atom. The summed E-state index contributed by atoms with van der Waals surface area (Å²) in [6, 6.07) is 0. The predicted molar refractivity (Wildman–Crippen MR) is 279 cm³/mol. The molecule has 0 aliphatic carbocycles. The molecule has 15 nitrogen and oxygen atoms in total. The van der Waals surface area contributed by atoms with Crippen molar-refractivity contribution in [3.63, 3.8) is 0 Å². The molecular weight excluding hydrogens is 939 g/mol. The number of rotatable bonds is 50. The second kappa shape index (κ2) is 48.7. The molecule has 5 unspecified atom stereocenters. The second-order valence-corrected chi connectivity index (χ2v) is 20.6. The van der Waals surface area contributed by atoms with Gasteiger partial charge in [-0.15, -0.1) is 0 Å². The van der Waals surface area contributed by atoms with Gasteiger partial charge in [0.05, 0.1) is 26.4 Å². The number of allylic oxidation sites excluding steroid dienone is 12. The van der Waals surface area contributed by atoms with Crippen LogP contribution in [0.4, 0.5) is 0 Å². The summed E-state index contributed by atoms with van der Waals surface area (Å²) in [4.78, 5) is 43.8. The van der Waals surface area contributed by atoms with Crippen molar-refractivity contribution in [3.05, 3.63) is 72.9 Å². The molecule has 0 aromatic rings. The van der Waals surface area contributed by atoms with E-state index in [4.69, 9.17) is 14.0 Å². The van der Waals surface area contributed by atoms with E-state index in [0.717, 1.165) is 44.9 Å². The van der Waals surface area contributed by atoms with Gasteiger partial charge in [0.1, 0.15) is 31.5 Å². The van der Waals surface area contributed by atoms with Crippen LogP contribution < -0.4 is 0 Å². The lowest BCUT2D eigenvalue weighted by Gasteiger charge is -2.19. The van der Waals surface area contributed by atoms with E-state index in [1.54, 1.807) is 0 Å². The van der Waals surface area contributed by atoms with Crippen molar-refractivity contribution in [2.24, 2.45) is 0 Å². The molecule has 5 atom stereocenters. The molecule has 0 radical (unpaired) electrons. The number of aliphatic hydroxyl groups is 3. The molecule has 17 heteroatoms. The van der Waals surface area contributed by atoms with Crippen LogP contribution >= 0.6 is 15.6 Å². The molecule has 0 heterocycles. The van der Waals surface area contributed by atoms with E-state index in [1.165, 1.54) is 109 Å². The zero-order valence-corrected chi connectivity index (χ0v) is 44.7. The molecule has 0 amide bonds. The van der Waals surface area contributed by atoms with E-state index in [0.29, 0.717) is 12.8 Å². The number of aliphatic hydroxyl groups excluding tert-OH is 3. The van der Waals surface area contributed by atoms with E-state index < -0.39 is 85.5 Å². The zero-order chi connectivity index (χ0) is 51.7. The van der Waals surface area contributed by atoms with Gasteiger partial charge in [0.2, 0.25) is 0 Å². The van der Waals surface area contributed by atoms with Crippen molar-refractivity contribution in [2.45, 2.75) is 212 Å². The van der Waals surface area contributed by atoms with Crippen molar-refractivity contribution in [3.8, 4) is 0 Å². The lowest BCUT2D eigenvalue weighted by molar-refractivity contribution is -0.148. The first kappa shape index (κ1) is 67.5. The highest BCUT2D eigenvalue weighted by atomic mass is 31.2. The lowest BCUT2D eigenvalue weighted by atomic mass is 10.0. The second-order valence-electron chi connectivity index (χ2n) is 17.7. The maximum atomic E-state index is 12.2. The number of hydrogen-bond donors (Lipinski definition) is 5. The highest BCUT2D eigenvalue weighted by Gasteiger charge is 2.28. The van der Waals surface area contributed by atoms with Crippen LogP contribution in [-0.4, -0.2) is 95.0 Å². The molecule has 0 aromatic carbocycles. The third kappa shape index (κ3) is 50.4. The van der Waals surface area contributed by atoms with Gasteiger partial charge >= 0.3 is 27.6 Å². The molecule has 0 rings (SSSR count). The normalized spacial score (nSPS) is 15.5. The Bertz CT molecular complexity index is 1530. The van der Waals surface area contributed by atoms with Crippen LogP contribution in [0.15, 0.2) is 72.9 Å². The smallest absolute Gasteiger partial charge is 0.463 e. The molecule has 0 bridgehead atoms. The molecule has 0 aliphatic rings. The maximum Gasteiger partial charge on any atom is 0.472 e. The number of phosphoric acid groups is 2. The summed E-state index contributed by atoms with van der Waals surface area (Å²) in [6.07, 6.45) is 50.3. The Kier molecular flexibility index (Phi) is 47.0. The molecule has 0 spiro atoms. The summed E-state index contributed by atoms with van der Waals surface area (Å²) >= 11 is 0. The van der Waals surface area contributed by atoms with Gasteiger partial charge in [0, 0.05) is 12.8 Å². The van der Waals surface area contributed by atoms with Crippen molar-refractivity contribution in [1.82, 2.24) is 0 Å². The predicted octanol–water partition coefficient (Wildman–Crippen LogP) is 12.7. The summed E-state index contributed by atoms with van der Waals surface area (Å²) in [6.45, 7) is 0.241. The fraction of sp³-hybridized carbons (Fsp3) is 0.736. The van der Waals surface area contributed by atoms with Gasteiger partial charge in [-0.25, -0.2) is 9.13 Å². The van der Waals surface area contributed by atoms with Crippen LogP contribution in [0.25, 0.3) is 0 Å². The van der Waals surface area contributed by atoms with Crippen LogP contribution in [0.3, 0.4) is 0 Å². The van der Waals surface area contributed by atoms with Crippen molar-refractivity contribution in [2.75, 3.05) is 39.6 Å². The summed E-state index contributed by atoms with van der Waals surface area (Å²) in [5.41, 5.74) is 0. The Morgan fingerprint density at radius 3 is 0.986 bits per heavy atom. The third-order valence-electron chi connectivity index (χ3n) is 10.8. The van der Waals surface area contributed by atoms with Crippen LogP contribution in [-0.2, 0) is 46.3 Å². The van der Waals surface area contributed by atoms with Crippen molar-refractivity contribution >= 4 is 27.6 Å². The molecule has 5 N–H and O–H groups in total. The highest BCUT2D eigenvalue weighted by Crippen LogP contribution is 2.45. The van der Waals surface area contributed by atoms with Gasteiger partial charge in [-0.3, -0.25) is 27.7 Å². The van der Waals surface area contributed by atoms with Crippen molar-refractivity contribution < 1.29 is 71.4 Å². The Morgan fingerprint density at radius 2 is 0.657 bits per heavy atom. The number of ether oxygens (including phenoxy) is 2. The van der Waals surface area contributed by atoms with Gasteiger partial charge < -0.3 is 34.6 Å². The molecule has 70 heavy (non-hydrogen) atoms. The fourth-order valence-corrected chi connectivity index (χ4v) is 8.37. The minimum Gasteiger partial charge on any atom is -0.463 e. The van der Waals surface area contributed by atoms with E-state index in [1.807, 2.05) is 66.8 Å². The maximum absolute atomic E-state index is 12.2. The topological polar surface area (TPSA) is 225 Å². The van der Waals surface area contributed by atoms with Gasteiger partial charge in [-0.2, -0.15) is 0 Å². The highest BCUT2D eigenvalue weighted by molar-refractivity contribution is 7.47. The van der Waals surface area contributed by atoms with E-state index in [-0.39, 0.29) is 12.8 Å². The molecule has 0 saturated carbocycles. The van der Waals surface area contributed by atoms with Crippen LogP contribution in [0.5, 0.6) is 0 Å². The largest absolute Gasteiger partial charge is 0.472 e. The fourth-order valence-electron chi connectivity index (χ4n) is 6.77. The van der Waals surface area contributed by atoms with Crippen LogP contribution in [0.2, 0.25) is 0 Å². The Labute approximate surface area is 422 Å². The summed E-state index contributed by atoms with van der Waals surface area (Å²) in [5, 5.41) is 30.1. The first-order chi connectivity index (χ1) is 33.8. The standard InChI is InChI=1S/C53H94O15P2/c1-3-5-7-9-11-13-15-17-19-21-22-23-24-26-28-30-32-34-36-38-40-42-53(58)64-44-50(55)46-66-70(61,62)68-48-51(56)47-67-69(59,60)65-45-49(54)43-63-52(57)41-39-37-35-33-31-29-27-25-20-18-16-14-12-10-8-6-4-2/h6,8,10,12,14,16,18,20,25,27,29,31,49-51,54-56H,3-5,7,9,11,13,15,17,19,21-24,26,28,30,32-48H2,1-2H3,(H,59,60)(H,61,62)/b8-6-,12-10+,16-14+,20-18-,27-25+,31-29+. The summed E-state index contributed by atoms with van der Waals surface area (Å²) in [5.74, 6) is -1.03. The molecule has 406 valence electrons. The number of carbonyl (C=O) groups excluding carboxylic acids is 2. The van der Waals surface area contributed by atoms with Gasteiger partial charge in [0.15, 0.2) is 0 Å². The number of carbonyl (C=O) groups is 2. The van der Waals surface area contributed by atoms with Gasteiger partial charge in [0.25, 0.3) is 0 Å². The third-order valence-corrected chi connectivity index (χ3v) is 12.7. The van der Waals surface area contributed by atoms with Crippen LogP contribution in [0.1, 0.15) is 194 Å². The quantitative estimate of drug-likeness (QED) is 0.0165. The Hall–Kier alpha value is -2.52. The lowest BCUT2D eigenvalue weighted by Crippen LogP contribution is -2.25. The van der Waals surface area contributed by atoms with E-state index >= 15 is 0 Å². The zero-order valence-electron chi connectivity index (χ0n) is 42.9. The molecule has 0 aromatic heterocycles. The van der Waals surface area contributed by atoms with Crippen molar-refractivity contribution in [1.29, 1.82) is 0 Å². The first-order valence-electron chi connectivity index (χ1n) is 26.4. The number of esters is 2. The number of unbranched alkanes of at least 4 members (excludes halogenated alkanes) is 23. The molecule has 0 saturated heterocycles. The first-order valence-corrected chi connectivity index (χ1v) is 29.4. The average Bonchev–Trinajstić information content (AvgIpc) is 3.34. The average molecular weight is 1030 g/mol. The van der Waals surface area contributed by atoms with Gasteiger partial charge in [-0.05, 0) is 32.1 Å². The molecular formula is C53H94O15P2. The molecule has 0 fully saturated rings. The van der Waals surface area contributed by atoms with Gasteiger partial charge in [-0.1, -0.05) is 222 Å². The van der Waals surface area contributed by atoms with E-state index in [2.05, 4.69) is 33.5 Å². The summed E-state index contributed by atoms with van der Waals surface area (Å²) in [7, 11) is -9.60. The van der Waals surface area contributed by atoms with E-state index in [9.17, 15) is 43.8 Å².